The molecule has 1 aliphatic carbocycles. The van der Waals surface area contributed by atoms with Crippen LogP contribution in [-0.4, -0.2) is 25.0 Å². The van der Waals surface area contributed by atoms with Gasteiger partial charge in [0.1, 0.15) is 6.54 Å². The third-order valence-electron chi connectivity index (χ3n) is 4.16. The molecule has 1 unspecified atom stereocenters. The van der Waals surface area contributed by atoms with Crippen LogP contribution in [0.5, 0.6) is 0 Å². The van der Waals surface area contributed by atoms with Crippen LogP contribution >= 0.6 is 0 Å². The number of amides is 1. The monoisotopic (exact) mass is 261 g/mol. The van der Waals surface area contributed by atoms with Gasteiger partial charge in [0.25, 0.3) is 5.91 Å². The Bertz CT molecular complexity index is 398. The summed E-state index contributed by atoms with van der Waals surface area (Å²) in [6.45, 7) is 2.91. The Morgan fingerprint density at radius 1 is 1.32 bits per heavy atom. The fraction of sp³-hybridized carbons (Fsp3) is 0.562. The summed E-state index contributed by atoms with van der Waals surface area (Å²) in [7, 11) is 2.09. The molecule has 1 fully saturated rings. The van der Waals surface area contributed by atoms with Crippen LogP contribution in [0.15, 0.2) is 30.3 Å². The number of rotatable bonds is 5. The number of benzene rings is 1. The molecule has 0 spiro atoms. The molecule has 19 heavy (non-hydrogen) atoms. The maximum atomic E-state index is 12.2. The average Bonchev–Trinajstić information content (AvgIpc) is 2.91. The van der Waals surface area contributed by atoms with E-state index in [9.17, 15) is 4.79 Å². The Labute approximate surface area is 116 Å². The number of carbonyl (C=O) groups is 1. The van der Waals surface area contributed by atoms with Crippen molar-refractivity contribution in [1.82, 2.24) is 5.32 Å². The molecule has 0 saturated heterocycles. The molecule has 1 aliphatic rings. The molecule has 2 atom stereocenters. The second kappa shape index (κ2) is 6.71. The number of likely N-dealkylation sites (N-methyl/N-ethyl adjacent to an activating group) is 1. The van der Waals surface area contributed by atoms with Crippen molar-refractivity contribution in [1.29, 1.82) is 0 Å². The van der Waals surface area contributed by atoms with Gasteiger partial charge in [0.05, 0.1) is 7.05 Å². The van der Waals surface area contributed by atoms with E-state index in [0.29, 0.717) is 6.04 Å². The van der Waals surface area contributed by atoms with Gasteiger partial charge in [0.15, 0.2) is 6.04 Å². The SMILES string of the molecule is C[C@@H](C(=O)NC1CCCC1)[NH+](C)Cc1ccccc1. The van der Waals surface area contributed by atoms with Crippen molar-refractivity contribution in [3.05, 3.63) is 35.9 Å². The Kier molecular flexibility index (Phi) is 4.97. The van der Waals surface area contributed by atoms with Crippen LogP contribution in [0.3, 0.4) is 0 Å². The molecule has 2 N–H and O–H groups in total. The molecule has 1 amide bonds. The standard InChI is InChI=1S/C16H24N2O/c1-13(16(19)17-15-10-6-7-11-15)18(2)12-14-8-4-3-5-9-14/h3-5,8-9,13,15H,6-7,10-12H2,1-2H3,(H,17,19)/p+1/t13-/m0/s1. The van der Waals surface area contributed by atoms with Gasteiger partial charge in [-0.3, -0.25) is 4.79 Å². The lowest BCUT2D eigenvalue weighted by Crippen LogP contribution is -3.12. The lowest BCUT2D eigenvalue weighted by atomic mass is 10.1. The van der Waals surface area contributed by atoms with Crippen LogP contribution in [0.2, 0.25) is 0 Å². The summed E-state index contributed by atoms with van der Waals surface area (Å²) < 4.78 is 0. The zero-order chi connectivity index (χ0) is 13.7. The van der Waals surface area contributed by atoms with E-state index < -0.39 is 0 Å². The third-order valence-corrected chi connectivity index (χ3v) is 4.16. The molecule has 0 aromatic heterocycles. The van der Waals surface area contributed by atoms with Gasteiger partial charge >= 0.3 is 0 Å². The minimum absolute atomic E-state index is 0.000746. The Morgan fingerprint density at radius 3 is 2.58 bits per heavy atom. The molecule has 104 valence electrons. The predicted molar refractivity (Wildman–Crippen MR) is 76.9 cm³/mol. The zero-order valence-electron chi connectivity index (χ0n) is 12.0. The smallest absolute Gasteiger partial charge is 0.278 e. The first kappa shape index (κ1) is 14.1. The van der Waals surface area contributed by atoms with Crippen molar-refractivity contribution in [3.63, 3.8) is 0 Å². The summed E-state index contributed by atoms with van der Waals surface area (Å²) in [6, 6.07) is 10.8. The molecule has 1 saturated carbocycles. The Hall–Kier alpha value is -1.35. The van der Waals surface area contributed by atoms with Gasteiger partial charge in [-0.1, -0.05) is 43.2 Å². The molecule has 1 aromatic rings. The number of quaternary nitrogens is 1. The summed E-state index contributed by atoms with van der Waals surface area (Å²) in [6.07, 6.45) is 4.81. The number of hydrogen-bond donors (Lipinski definition) is 2. The van der Waals surface area contributed by atoms with Gasteiger partial charge < -0.3 is 10.2 Å². The second-order valence-electron chi connectivity index (χ2n) is 5.72. The highest BCUT2D eigenvalue weighted by Gasteiger charge is 2.25. The fourth-order valence-electron chi connectivity index (χ4n) is 2.69. The minimum Gasteiger partial charge on any atom is -0.348 e. The summed E-state index contributed by atoms with van der Waals surface area (Å²) in [4.78, 5) is 13.4. The van der Waals surface area contributed by atoms with Gasteiger partial charge in [0, 0.05) is 11.6 Å². The van der Waals surface area contributed by atoms with E-state index in [1.54, 1.807) is 0 Å². The topological polar surface area (TPSA) is 33.5 Å². The third kappa shape index (κ3) is 4.06. The van der Waals surface area contributed by atoms with E-state index in [-0.39, 0.29) is 11.9 Å². The zero-order valence-corrected chi connectivity index (χ0v) is 12.0. The van der Waals surface area contributed by atoms with E-state index in [4.69, 9.17) is 0 Å². The van der Waals surface area contributed by atoms with Gasteiger partial charge in [0.2, 0.25) is 0 Å². The fourth-order valence-corrected chi connectivity index (χ4v) is 2.69. The van der Waals surface area contributed by atoms with Crippen molar-refractivity contribution in [2.45, 2.75) is 51.2 Å². The first-order valence-corrected chi connectivity index (χ1v) is 7.33. The molecule has 0 heterocycles. The summed E-state index contributed by atoms with van der Waals surface area (Å²) >= 11 is 0. The predicted octanol–water partition coefficient (Wildman–Crippen LogP) is 1.15. The maximum Gasteiger partial charge on any atom is 0.278 e. The highest BCUT2D eigenvalue weighted by atomic mass is 16.2. The molecule has 3 heteroatoms. The van der Waals surface area contributed by atoms with Gasteiger partial charge in [-0.2, -0.15) is 0 Å². The molecule has 0 bridgehead atoms. The highest BCUT2D eigenvalue weighted by Crippen LogP contribution is 2.17. The summed E-state index contributed by atoms with van der Waals surface area (Å²) in [5, 5.41) is 3.19. The summed E-state index contributed by atoms with van der Waals surface area (Å²) in [5.41, 5.74) is 1.28. The van der Waals surface area contributed by atoms with Crippen LogP contribution in [0, 0.1) is 0 Å². The van der Waals surface area contributed by atoms with Crippen LogP contribution in [0.1, 0.15) is 38.2 Å². The number of hydrogen-bond acceptors (Lipinski definition) is 1. The van der Waals surface area contributed by atoms with Gasteiger partial charge in [-0.25, -0.2) is 0 Å². The normalized spacial score (nSPS) is 19.1. The molecule has 0 radical (unpaired) electrons. The maximum absolute atomic E-state index is 12.2. The second-order valence-corrected chi connectivity index (χ2v) is 5.72. The number of nitrogens with one attached hydrogen (secondary N) is 2. The van der Waals surface area contributed by atoms with Crippen molar-refractivity contribution < 1.29 is 9.69 Å². The lowest BCUT2D eigenvalue weighted by molar-refractivity contribution is -0.908. The Morgan fingerprint density at radius 2 is 1.95 bits per heavy atom. The van der Waals surface area contributed by atoms with Crippen molar-refractivity contribution in [2.75, 3.05) is 7.05 Å². The molecule has 0 aliphatic heterocycles. The van der Waals surface area contributed by atoms with Gasteiger partial charge in [-0.05, 0) is 19.8 Å². The summed E-state index contributed by atoms with van der Waals surface area (Å²) in [5.74, 6) is 0.195. The van der Waals surface area contributed by atoms with E-state index >= 15 is 0 Å². The molecule has 1 aromatic carbocycles. The minimum atomic E-state index is 0.000746. The van der Waals surface area contributed by atoms with E-state index in [1.165, 1.54) is 23.3 Å². The number of carbonyl (C=O) groups excluding carboxylic acids is 1. The van der Waals surface area contributed by atoms with Crippen LogP contribution in [0.25, 0.3) is 0 Å². The van der Waals surface area contributed by atoms with Crippen LogP contribution in [0.4, 0.5) is 0 Å². The van der Waals surface area contributed by atoms with Crippen molar-refractivity contribution in [3.8, 4) is 0 Å². The van der Waals surface area contributed by atoms with Crippen molar-refractivity contribution >= 4 is 5.91 Å². The first-order valence-electron chi connectivity index (χ1n) is 7.33. The van der Waals surface area contributed by atoms with E-state index in [0.717, 1.165) is 19.4 Å². The van der Waals surface area contributed by atoms with E-state index in [1.807, 2.05) is 25.1 Å². The molecular weight excluding hydrogens is 236 g/mol. The molecule has 3 nitrogen and oxygen atoms in total. The lowest BCUT2D eigenvalue weighted by Gasteiger charge is -2.23. The Balaban J connectivity index is 1.83. The average molecular weight is 261 g/mol. The van der Waals surface area contributed by atoms with Crippen LogP contribution in [-0.2, 0) is 11.3 Å². The highest BCUT2D eigenvalue weighted by molar-refractivity contribution is 5.80. The van der Waals surface area contributed by atoms with Crippen molar-refractivity contribution in [2.24, 2.45) is 0 Å². The molecular formula is C16H25N2O+. The quantitative estimate of drug-likeness (QED) is 0.819. The largest absolute Gasteiger partial charge is 0.348 e. The first-order chi connectivity index (χ1) is 9.16. The van der Waals surface area contributed by atoms with E-state index in [2.05, 4.69) is 24.5 Å². The van der Waals surface area contributed by atoms with Gasteiger partial charge in [-0.15, -0.1) is 0 Å². The van der Waals surface area contributed by atoms with Crippen LogP contribution < -0.4 is 10.2 Å². The molecule has 2 rings (SSSR count).